The van der Waals surface area contributed by atoms with E-state index in [0.717, 1.165) is 16.8 Å². The van der Waals surface area contributed by atoms with E-state index in [2.05, 4.69) is 4.98 Å². The molecule has 0 saturated carbocycles. The summed E-state index contributed by atoms with van der Waals surface area (Å²) in [5, 5.41) is 9.62. The average Bonchev–Trinajstić information content (AvgIpc) is 2.60. The van der Waals surface area contributed by atoms with Crippen molar-refractivity contribution in [3.8, 4) is 17.0 Å². The second-order valence-corrected chi connectivity index (χ2v) is 5.73. The monoisotopic (exact) mass is 338 g/mol. The number of pyridine rings is 2. The first-order valence-corrected chi connectivity index (χ1v) is 7.88. The van der Waals surface area contributed by atoms with Gasteiger partial charge in [-0.05, 0) is 43.2 Å². The van der Waals surface area contributed by atoms with Gasteiger partial charge in [0, 0.05) is 29.9 Å². The molecule has 1 N–H and O–H groups in total. The third kappa shape index (κ3) is 2.98. The SMILES string of the molecule is CCn1cc(C(=O)O)c(=O)c2ccc(-c3cc(C)nc(OC)c3)cc21. The summed E-state index contributed by atoms with van der Waals surface area (Å²) in [4.78, 5) is 28.0. The summed E-state index contributed by atoms with van der Waals surface area (Å²) in [6.45, 7) is 4.34. The second kappa shape index (κ2) is 6.39. The predicted molar refractivity (Wildman–Crippen MR) is 95.4 cm³/mol. The first-order valence-electron chi connectivity index (χ1n) is 7.88. The maximum Gasteiger partial charge on any atom is 0.341 e. The number of ether oxygens (including phenoxy) is 1. The highest BCUT2D eigenvalue weighted by molar-refractivity contribution is 5.93. The zero-order chi connectivity index (χ0) is 18.1. The van der Waals surface area contributed by atoms with Crippen molar-refractivity contribution < 1.29 is 14.6 Å². The van der Waals surface area contributed by atoms with Gasteiger partial charge >= 0.3 is 5.97 Å². The molecular weight excluding hydrogens is 320 g/mol. The largest absolute Gasteiger partial charge is 0.481 e. The van der Waals surface area contributed by atoms with Crippen molar-refractivity contribution >= 4 is 16.9 Å². The standard InChI is InChI=1S/C19H18N2O4/c1-4-21-10-15(19(23)24)18(22)14-6-5-12(8-16(14)21)13-7-11(2)20-17(9-13)25-3/h5-10H,4H2,1-3H3,(H,23,24). The third-order valence-corrected chi connectivity index (χ3v) is 4.12. The Morgan fingerprint density at radius 3 is 2.64 bits per heavy atom. The van der Waals surface area contributed by atoms with Gasteiger partial charge in [-0.2, -0.15) is 0 Å². The summed E-state index contributed by atoms with van der Waals surface area (Å²) in [6.07, 6.45) is 1.40. The minimum atomic E-state index is -1.22. The Balaban J connectivity index is 2.28. The van der Waals surface area contributed by atoms with E-state index in [1.807, 2.05) is 38.1 Å². The molecule has 3 aromatic rings. The summed E-state index contributed by atoms with van der Waals surface area (Å²) < 4.78 is 6.99. The quantitative estimate of drug-likeness (QED) is 0.790. The van der Waals surface area contributed by atoms with Crippen LogP contribution < -0.4 is 10.2 Å². The number of nitrogens with zero attached hydrogens (tertiary/aromatic N) is 2. The fraction of sp³-hybridized carbons (Fsp3) is 0.211. The van der Waals surface area contributed by atoms with Gasteiger partial charge in [-0.25, -0.2) is 9.78 Å². The van der Waals surface area contributed by atoms with Crippen molar-refractivity contribution in [1.82, 2.24) is 9.55 Å². The number of methoxy groups -OCH3 is 1. The Hall–Kier alpha value is -3.15. The molecule has 6 heteroatoms. The normalized spacial score (nSPS) is 10.8. The number of carboxylic acid groups (broad SMARTS) is 1. The van der Waals surface area contributed by atoms with Crippen LogP contribution in [0.15, 0.2) is 41.3 Å². The van der Waals surface area contributed by atoms with Gasteiger partial charge in [0.25, 0.3) is 0 Å². The molecule has 0 atom stereocenters. The van der Waals surface area contributed by atoms with Crippen LogP contribution in [-0.4, -0.2) is 27.7 Å². The molecule has 0 unspecified atom stereocenters. The lowest BCUT2D eigenvalue weighted by Crippen LogP contribution is -2.18. The Bertz CT molecular complexity index is 1040. The molecule has 0 aliphatic rings. The molecular formula is C19H18N2O4. The van der Waals surface area contributed by atoms with E-state index in [1.54, 1.807) is 17.7 Å². The van der Waals surface area contributed by atoms with Crippen molar-refractivity contribution in [2.24, 2.45) is 0 Å². The molecule has 3 rings (SSSR count). The second-order valence-electron chi connectivity index (χ2n) is 5.73. The van der Waals surface area contributed by atoms with E-state index in [-0.39, 0.29) is 5.56 Å². The molecule has 0 aliphatic carbocycles. The lowest BCUT2D eigenvalue weighted by atomic mass is 10.0. The van der Waals surface area contributed by atoms with Gasteiger partial charge in [-0.15, -0.1) is 0 Å². The van der Waals surface area contributed by atoms with Crippen LogP contribution in [0.3, 0.4) is 0 Å². The number of carboxylic acids is 1. The fourth-order valence-corrected chi connectivity index (χ4v) is 2.89. The van der Waals surface area contributed by atoms with E-state index < -0.39 is 11.4 Å². The van der Waals surface area contributed by atoms with Crippen LogP contribution in [0.5, 0.6) is 5.88 Å². The summed E-state index contributed by atoms with van der Waals surface area (Å²) in [5.74, 6) is -0.697. The number of carbonyl (C=O) groups is 1. The first kappa shape index (κ1) is 16.7. The minimum Gasteiger partial charge on any atom is -0.481 e. The number of benzene rings is 1. The van der Waals surface area contributed by atoms with E-state index in [0.29, 0.717) is 23.3 Å². The Labute approximate surface area is 144 Å². The zero-order valence-corrected chi connectivity index (χ0v) is 14.2. The smallest absolute Gasteiger partial charge is 0.341 e. The molecule has 0 aliphatic heterocycles. The highest BCUT2D eigenvalue weighted by atomic mass is 16.5. The average molecular weight is 338 g/mol. The molecule has 128 valence electrons. The summed E-state index contributed by atoms with van der Waals surface area (Å²) in [5.41, 5.74) is 2.65. The molecule has 0 fully saturated rings. The maximum atomic E-state index is 12.4. The van der Waals surface area contributed by atoms with Crippen molar-refractivity contribution in [3.63, 3.8) is 0 Å². The lowest BCUT2D eigenvalue weighted by molar-refractivity contribution is 0.0695. The van der Waals surface area contributed by atoms with Crippen LogP contribution in [0.2, 0.25) is 0 Å². The highest BCUT2D eigenvalue weighted by Gasteiger charge is 2.15. The van der Waals surface area contributed by atoms with Crippen LogP contribution in [0, 0.1) is 6.92 Å². The first-order chi connectivity index (χ1) is 11.9. The Morgan fingerprint density at radius 2 is 2.00 bits per heavy atom. The van der Waals surface area contributed by atoms with Crippen molar-refractivity contribution in [2.45, 2.75) is 20.4 Å². The summed E-state index contributed by atoms with van der Waals surface area (Å²) in [7, 11) is 1.56. The van der Waals surface area contributed by atoms with Crippen LogP contribution >= 0.6 is 0 Å². The van der Waals surface area contributed by atoms with E-state index in [1.165, 1.54) is 6.20 Å². The topological polar surface area (TPSA) is 81.4 Å². The lowest BCUT2D eigenvalue weighted by Gasteiger charge is -2.12. The molecule has 25 heavy (non-hydrogen) atoms. The highest BCUT2D eigenvalue weighted by Crippen LogP contribution is 2.26. The zero-order valence-electron chi connectivity index (χ0n) is 14.2. The molecule has 0 bridgehead atoms. The number of aryl methyl sites for hydroxylation is 2. The molecule has 0 amide bonds. The van der Waals surface area contributed by atoms with E-state index in [9.17, 15) is 14.7 Å². The van der Waals surface area contributed by atoms with Gasteiger partial charge in [-0.1, -0.05) is 6.07 Å². The van der Waals surface area contributed by atoms with Gasteiger partial charge in [0.15, 0.2) is 0 Å². The van der Waals surface area contributed by atoms with Crippen LogP contribution in [-0.2, 0) is 6.54 Å². The number of hydrogen-bond acceptors (Lipinski definition) is 4. The molecule has 1 aromatic carbocycles. The Morgan fingerprint density at radius 1 is 1.24 bits per heavy atom. The van der Waals surface area contributed by atoms with Gasteiger partial charge in [0.1, 0.15) is 5.56 Å². The summed E-state index contributed by atoms with van der Waals surface area (Å²) in [6, 6.07) is 9.13. The van der Waals surface area contributed by atoms with Crippen molar-refractivity contribution in [3.05, 3.63) is 58.0 Å². The van der Waals surface area contributed by atoms with Crippen LogP contribution in [0.4, 0.5) is 0 Å². The predicted octanol–water partition coefficient (Wildman–Crippen LogP) is 3.10. The third-order valence-electron chi connectivity index (χ3n) is 4.12. The maximum absolute atomic E-state index is 12.4. The molecule has 2 aromatic heterocycles. The number of hydrogen-bond donors (Lipinski definition) is 1. The van der Waals surface area contributed by atoms with Crippen LogP contribution in [0.1, 0.15) is 23.0 Å². The van der Waals surface area contributed by atoms with Crippen LogP contribution in [0.25, 0.3) is 22.0 Å². The van der Waals surface area contributed by atoms with Gasteiger partial charge in [0.2, 0.25) is 11.3 Å². The van der Waals surface area contributed by atoms with Gasteiger partial charge in [0.05, 0.1) is 12.6 Å². The van der Waals surface area contributed by atoms with Gasteiger partial charge in [-0.3, -0.25) is 4.79 Å². The minimum absolute atomic E-state index is 0.219. The Kier molecular flexibility index (Phi) is 4.27. The fourth-order valence-electron chi connectivity index (χ4n) is 2.89. The van der Waals surface area contributed by atoms with E-state index >= 15 is 0 Å². The van der Waals surface area contributed by atoms with Gasteiger partial charge < -0.3 is 14.4 Å². The number of rotatable bonds is 4. The molecule has 0 radical (unpaired) electrons. The van der Waals surface area contributed by atoms with E-state index in [4.69, 9.17) is 4.74 Å². The number of aromatic nitrogens is 2. The van der Waals surface area contributed by atoms with Crippen molar-refractivity contribution in [2.75, 3.05) is 7.11 Å². The summed E-state index contributed by atoms with van der Waals surface area (Å²) >= 11 is 0. The molecule has 0 saturated heterocycles. The molecule has 6 nitrogen and oxygen atoms in total. The molecule has 2 heterocycles. The number of aromatic carboxylic acids is 1. The number of fused-ring (bicyclic) bond motifs is 1. The van der Waals surface area contributed by atoms with Crippen molar-refractivity contribution in [1.29, 1.82) is 0 Å². The molecule has 0 spiro atoms.